The minimum atomic E-state index is 0.791. The third kappa shape index (κ3) is 5.06. The van der Waals surface area contributed by atoms with Gasteiger partial charge in [0, 0.05) is 31.4 Å². The van der Waals surface area contributed by atoms with E-state index in [1.165, 1.54) is 21.0 Å². The van der Waals surface area contributed by atoms with Crippen LogP contribution in [0.15, 0.2) is 29.3 Å². The van der Waals surface area contributed by atoms with Gasteiger partial charge in [0.25, 0.3) is 0 Å². The zero-order valence-electron chi connectivity index (χ0n) is 14.4. The van der Waals surface area contributed by atoms with E-state index in [1.54, 1.807) is 18.4 Å². The molecule has 1 heterocycles. The van der Waals surface area contributed by atoms with Crippen LogP contribution in [-0.4, -0.2) is 24.5 Å². The number of nitrogens with zero attached hydrogens (tertiary/aromatic N) is 2. The first-order valence-electron chi connectivity index (χ1n) is 8.08. The summed E-state index contributed by atoms with van der Waals surface area (Å²) in [5.74, 6) is 0.834. The van der Waals surface area contributed by atoms with E-state index in [2.05, 4.69) is 65.6 Å². The summed E-state index contributed by atoms with van der Waals surface area (Å²) in [6.45, 7) is 7.99. The van der Waals surface area contributed by atoms with Crippen LogP contribution in [0.1, 0.15) is 33.6 Å². The highest BCUT2D eigenvalue weighted by Crippen LogP contribution is 2.16. The SMILES string of the molecule is CCc1ccccc1CNC(=NC)NCCc1nc(C)c(C)s1. The summed E-state index contributed by atoms with van der Waals surface area (Å²) in [4.78, 5) is 10.2. The molecule has 0 unspecified atom stereocenters. The lowest BCUT2D eigenvalue weighted by Crippen LogP contribution is -2.38. The first kappa shape index (κ1) is 17.5. The number of hydrogen-bond donors (Lipinski definition) is 2. The number of aromatic nitrogens is 1. The van der Waals surface area contributed by atoms with E-state index in [1.807, 2.05) is 0 Å². The van der Waals surface area contributed by atoms with E-state index >= 15 is 0 Å². The van der Waals surface area contributed by atoms with Crippen molar-refractivity contribution in [3.05, 3.63) is 51.0 Å². The van der Waals surface area contributed by atoms with Gasteiger partial charge in [0.05, 0.1) is 10.7 Å². The van der Waals surface area contributed by atoms with Crippen LogP contribution in [0, 0.1) is 13.8 Å². The van der Waals surface area contributed by atoms with Gasteiger partial charge in [0.15, 0.2) is 5.96 Å². The Bertz CT molecular complexity index is 641. The van der Waals surface area contributed by atoms with E-state index in [4.69, 9.17) is 0 Å². The smallest absolute Gasteiger partial charge is 0.191 e. The zero-order valence-corrected chi connectivity index (χ0v) is 15.3. The van der Waals surface area contributed by atoms with Crippen LogP contribution >= 0.6 is 11.3 Å². The van der Waals surface area contributed by atoms with Gasteiger partial charge in [-0.15, -0.1) is 11.3 Å². The fraction of sp³-hybridized carbons (Fsp3) is 0.444. The van der Waals surface area contributed by atoms with Crippen molar-refractivity contribution >= 4 is 17.3 Å². The third-order valence-corrected chi connectivity index (χ3v) is 5.01. The van der Waals surface area contributed by atoms with Crippen molar-refractivity contribution < 1.29 is 0 Å². The van der Waals surface area contributed by atoms with Gasteiger partial charge in [-0.25, -0.2) is 4.98 Å². The van der Waals surface area contributed by atoms with Crippen molar-refractivity contribution in [2.45, 2.75) is 40.2 Å². The molecule has 0 radical (unpaired) electrons. The molecule has 23 heavy (non-hydrogen) atoms. The molecule has 0 saturated carbocycles. The van der Waals surface area contributed by atoms with Crippen molar-refractivity contribution in [3.63, 3.8) is 0 Å². The topological polar surface area (TPSA) is 49.3 Å². The Hall–Kier alpha value is -1.88. The molecular formula is C18H26N4S. The molecule has 124 valence electrons. The molecule has 2 rings (SSSR count). The highest BCUT2D eigenvalue weighted by molar-refractivity contribution is 7.11. The highest BCUT2D eigenvalue weighted by Gasteiger charge is 2.05. The van der Waals surface area contributed by atoms with Gasteiger partial charge < -0.3 is 10.6 Å². The average molecular weight is 331 g/mol. The van der Waals surface area contributed by atoms with Crippen molar-refractivity contribution in [1.29, 1.82) is 0 Å². The second-order valence-electron chi connectivity index (χ2n) is 5.47. The summed E-state index contributed by atoms with van der Waals surface area (Å²) < 4.78 is 0. The number of guanidine groups is 1. The minimum Gasteiger partial charge on any atom is -0.356 e. The van der Waals surface area contributed by atoms with Crippen LogP contribution in [0.2, 0.25) is 0 Å². The number of hydrogen-bond acceptors (Lipinski definition) is 3. The first-order chi connectivity index (χ1) is 11.1. The molecular weight excluding hydrogens is 304 g/mol. The van der Waals surface area contributed by atoms with E-state index < -0.39 is 0 Å². The second-order valence-corrected chi connectivity index (χ2v) is 6.76. The summed E-state index contributed by atoms with van der Waals surface area (Å²) in [7, 11) is 1.80. The van der Waals surface area contributed by atoms with E-state index in [0.29, 0.717) is 0 Å². The maximum atomic E-state index is 4.57. The number of nitrogens with one attached hydrogen (secondary N) is 2. The average Bonchev–Trinajstić information content (AvgIpc) is 2.89. The maximum Gasteiger partial charge on any atom is 0.191 e. The molecule has 0 fully saturated rings. The maximum absolute atomic E-state index is 4.57. The van der Waals surface area contributed by atoms with Crippen LogP contribution in [0.4, 0.5) is 0 Å². The standard InChI is InChI=1S/C18H26N4S/c1-5-15-8-6-7-9-16(15)12-21-18(19-4)20-11-10-17-22-13(2)14(3)23-17/h6-9H,5,10-12H2,1-4H3,(H2,19,20,21). The van der Waals surface area contributed by atoms with Gasteiger partial charge in [0.1, 0.15) is 0 Å². The Labute approximate surface area is 143 Å². The van der Waals surface area contributed by atoms with Gasteiger partial charge in [-0.1, -0.05) is 31.2 Å². The number of aliphatic imine (C=N–C) groups is 1. The Morgan fingerprint density at radius 1 is 1.17 bits per heavy atom. The van der Waals surface area contributed by atoms with E-state index in [-0.39, 0.29) is 0 Å². The molecule has 1 aromatic heterocycles. The zero-order chi connectivity index (χ0) is 16.7. The van der Waals surface area contributed by atoms with Crippen LogP contribution in [0.25, 0.3) is 0 Å². The molecule has 5 heteroatoms. The normalized spacial score (nSPS) is 11.6. The highest BCUT2D eigenvalue weighted by atomic mass is 32.1. The summed E-state index contributed by atoms with van der Waals surface area (Å²) in [6.07, 6.45) is 1.97. The fourth-order valence-corrected chi connectivity index (χ4v) is 3.34. The quantitative estimate of drug-likeness (QED) is 0.631. The molecule has 1 aromatic carbocycles. The van der Waals surface area contributed by atoms with Crippen molar-refractivity contribution in [2.24, 2.45) is 4.99 Å². The van der Waals surface area contributed by atoms with Crippen LogP contribution in [0.5, 0.6) is 0 Å². The summed E-state index contributed by atoms with van der Waals surface area (Å²) >= 11 is 1.78. The Morgan fingerprint density at radius 2 is 1.91 bits per heavy atom. The fourth-order valence-electron chi connectivity index (χ4n) is 2.41. The predicted octanol–water partition coefficient (Wildman–Crippen LogP) is 3.23. The van der Waals surface area contributed by atoms with Crippen molar-refractivity contribution in [3.8, 4) is 0 Å². The van der Waals surface area contributed by atoms with Crippen molar-refractivity contribution in [1.82, 2.24) is 15.6 Å². The number of benzene rings is 1. The van der Waals surface area contributed by atoms with Crippen LogP contribution in [-0.2, 0) is 19.4 Å². The lowest BCUT2D eigenvalue weighted by molar-refractivity contribution is 0.786. The van der Waals surface area contributed by atoms with Gasteiger partial charge in [0.2, 0.25) is 0 Å². The third-order valence-electron chi connectivity index (χ3n) is 3.87. The molecule has 2 aromatic rings. The van der Waals surface area contributed by atoms with Gasteiger partial charge in [-0.05, 0) is 31.4 Å². The van der Waals surface area contributed by atoms with Gasteiger partial charge in [-0.2, -0.15) is 0 Å². The van der Waals surface area contributed by atoms with Gasteiger partial charge in [-0.3, -0.25) is 4.99 Å². The molecule has 0 atom stereocenters. The molecule has 4 nitrogen and oxygen atoms in total. The summed E-state index contributed by atoms with van der Waals surface area (Å²) in [5.41, 5.74) is 3.84. The Kier molecular flexibility index (Phi) is 6.59. The Morgan fingerprint density at radius 3 is 2.52 bits per heavy atom. The van der Waals surface area contributed by atoms with Crippen molar-refractivity contribution in [2.75, 3.05) is 13.6 Å². The van der Waals surface area contributed by atoms with Crippen LogP contribution in [0.3, 0.4) is 0 Å². The lowest BCUT2D eigenvalue weighted by atomic mass is 10.1. The number of thiazole rings is 1. The lowest BCUT2D eigenvalue weighted by Gasteiger charge is -2.13. The predicted molar refractivity (Wildman–Crippen MR) is 99.3 cm³/mol. The molecule has 0 aliphatic heterocycles. The molecule has 0 aliphatic carbocycles. The van der Waals surface area contributed by atoms with E-state index in [0.717, 1.165) is 37.6 Å². The molecule has 0 saturated heterocycles. The minimum absolute atomic E-state index is 0.791. The van der Waals surface area contributed by atoms with Gasteiger partial charge >= 0.3 is 0 Å². The van der Waals surface area contributed by atoms with Crippen LogP contribution < -0.4 is 10.6 Å². The van der Waals surface area contributed by atoms with E-state index in [9.17, 15) is 0 Å². The largest absolute Gasteiger partial charge is 0.356 e. The molecule has 0 bridgehead atoms. The molecule has 2 N–H and O–H groups in total. The summed E-state index contributed by atoms with van der Waals surface area (Å²) in [6, 6.07) is 8.52. The molecule has 0 aliphatic rings. The number of aryl methyl sites for hydroxylation is 3. The Balaban J connectivity index is 1.81. The first-order valence-corrected chi connectivity index (χ1v) is 8.90. The summed E-state index contributed by atoms with van der Waals surface area (Å²) in [5, 5.41) is 7.92. The second kappa shape index (κ2) is 8.67. The molecule has 0 amide bonds. The monoisotopic (exact) mass is 330 g/mol. The number of rotatable bonds is 6. The molecule has 0 spiro atoms.